The fraction of sp³-hybridized carbons (Fsp3) is 0.714. The number of aliphatic carboxylic acids is 1. The number of likely N-dealkylation sites (tertiary alicyclic amines) is 1. The van der Waals surface area contributed by atoms with Crippen LogP contribution in [0.2, 0.25) is 0 Å². The first-order valence-corrected chi connectivity index (χ1v) is 10.3. The second kappa shape index (κ2) is 5.45. The molecule has 6 heteroatoms. The molecule has 0 radical (unpaired) electrons. The highest BCUT2D eigenvalue weighted by atomic mass is 16.4. The molecule has 4 N–H and O–H groups in total. The van der Waals surface area contributed by atoms with Crippen molar-refractivity contribution in [3.05, 3.63) is 23.3 Å². The second-order valence-electron chi connectivity index (χ2n) is 9.36. The van der Waals surface area contributed by atoms with E-state index in [0.29, 0.717) is 23.7 Å². The third kappa shape index (κ3) is 1.75. The van der Waals surface area contributed by atoms with Crippen molar-refractivity contribution in [3.63, 3.8) is 0 Å². The van der Waals surface area contributed by atoms with Crippen LogP contribution in [0.15, 0.2) is 28.3 Å². The Hall–Kier alpha value is -1.66. The highest BCUT2D eigenvalue weighted by Gasteiger charge is 2.77. The van der Waals surface area contributed by atoms with Gasteiger partial charge in [0.2, 0.25) is 0 Å². The molecule has 5 rings (SSSR count). The molecule has 3 fully saturated rings. The minimum absolute atomic E-state index is 0.0412. The van der Waals surface area contributed by atoms with Crippen LogP contribution in [0, 0.1) is 34.5 Å². The second-order valence-corrected chi connectivity index (χ2v) is 9.36. The van der Waals surface area contributed by atoms with Crippen LogP contribution in [0.3, 0.4) is 0 Å². The monoisotopic (exact) mass is 371 g/mol. The maximum Gasteiger partial charge on any atom is 0.293 e. The van der Waals surface area contributed by atoms with E-state index in [1.54, 1.807) is 7.05 Å². The molecule has 6 nitrogen and oxygen atoms in total. The Morgan fingerprint density at radius 1 is 1.37 bits per heavy atom. The maximum atomic E-state index is 12.0. The molecular formula is C21H29N3O3. The number of aliphatic hydroxyl groups is 1. The summed E-state index contributed by atoms with van der Waals surface area (Å²) in [6.45, 7) is 4.10. The van der Waals surface area contributed by atoms with Crippen molar-refractivity contribution in [1.29, 1.82) is 0 Å². The first-order chi connectivity index (χ1) is 12.9. The van der Waals surface area contributed by atoms with E-state index in [2.05, 4.69) is 24.1 Å². The molecule has 5 aliphatic rings. The lowest BCUT2D eigenvalue weighted by atomic mass is 9.41. The fourth-order valence-electron chi connectivity index (χ4n) is 8.25. The molecule has 1 saturated heterocycles. The number of hydrogen-bond donors (Lipinski definition) is 3. The van der Waals surface area contributed by atoms with Gasteiger partial charge >= 0.3 is 0 Å². The van der Waals surface area contributed by atoms with Crippen molar-refractivity contribution in [2.24, 2.45) is 45.2 Å². The Balaban J connectivity index is 1.77. The quantitative estimate of drug-likeness (QED) is 0.308. The van der Waals surface area contributed by atoms with E-state index >= 15 is 0 Å². The largest absolute Gasteiger partial charge is 0.545 e. The standard InChI is InChI=1S/C21H29N3O3/c1-11-3-4-13-9-15-16(18(26)27)17(25)14-6-5-12-7-8-24(19(22)23-2)10-20(12,13)21(11,14)15/h5-6,11-14,17,25H,3-4,7-10H2,1-2H3,(H2,22,23)(H,26,27)/t11-,12-,13-,14-,17-,20+,21-/m1/s1. The van der Waals surface area contributed by atoms with Crippen LogP contribution in [-0.2, 0) is 4.79 Å². The Kier molecular flexibility index (Phi) is 3.52. The number of carbonyl (C=O) groups is 1. The highest BCUT2D eigenvalue weighted by molar-refractivity contribution is 5.89. The molecule has 1 unspecified atom stereocenters. The molecule has 8 atom stereocenters. The Bertz CT molecular complexity index is 802. The number of guanidine groups is 1. The summed E-state index contributed by atoms with van der Waals surface area (Å²) in [7, 11) is 1.74. The van der Waals surface area contributed by atoms with Gasteiger partial charge in [0.25, 0.3) is 5.96 Å². The van der Waals surface area contributed by atoms with Gasteiger partial charge in [0.15, 0.2) is 0 Å². The molecule has 1 heterocycles. The van der Waals surface area contributed by atoms with Gasteiger partial charge in [-0.2, -0.15) is 0 Å². The van der Waals surface area contributed by atoms with Gasteiger partial charge in [-0.15, -0.1) is 0 Å². The summed E-state index contributed by atoms with van der Waals surface area (Å²) in [6.07, 6.45) is 7.50. The average Bonchev–Trinajstić information content (AvgIpc) is 3.02. The third-order valence-corrected chi connectivity index (χ3v) is 8.96. The van der Waals surface area contributed by atoms with Crippen molar-refractivity contribution >= 4 is 11.9 Å². The van der Waals surface area contributed by atoms with Crippen LogP contribution in [0.25, 0.3) is 0 Å². The van der Waals surface area contributed by atoms with Crippen molar-refractivity contribution in [3.8, 4) is 0 Å². The van der Waals surface area contributed by atoms with E-state index in [9.17, 15) is 15.0 Å². The SMILES string of the molecule is CN=C(N)[NH+]1CC[C@H]2C=C[C@@H]3[C@@H](O)C(C(=O)[O-])=C4C[C@H]5CC[C@@H](C)[C@]43[C@]52C1. The number of carbonyl (C=O) groups excluding carboxylic acids is 1. The minimum Gasteiger partial charge on any atom is -0.545 e. The lowest BCUT2D eigenvalue weighted by Gasteiger charge is -2.63. The number of rotatable bonds is 1. The Morgan fingerprint density at radius 2 is 2.15 bits per heavy atom. The zero-order valence-corrected chi connectivity index (χ0v) is 16.1. The number of nitrogens with zero attached hydrogens (tertiary/aromatic N) is 1. The number of hydrogen-bond acceptors (Lipinski definition) is 4. The van der Waals surface area contributed by atoms with Crippen molar-refractivity contribution in [1.82, 2.24) is 0 Å². The normalized spacial score (nSPS) is 50.6. The van der Waals surface area contributed by atoms with Crippen LogP contribution < -0.4 is 15.7 Å². The summed E-state index contributed by atoms with van der Waals surface area (Å²) in [5, 5.41) is 23.0. The number of carboxylic acid groups (broad SMARTS) is 1. The maximum absolute atomic E-state index is 12.0. The van der Waals surface area contributed by atoms with Gasteiger partial charge in [-0.3, -0.25) is 4.90 Å². The van der Waals surface area contributed by atoms with Gasteiger partial charge in [-0.05, 0) is 37.0 Å². The Labute approximate surface area is 159 Å². The van der Waals surface area contributed by atoms with E-state index < -0.39 is 12.1 Å². The fourth-order valence-corrected chi connectivity index (χ4v) is 8.25. The van der Waals surface area contributed by atoms with Crippen LogP contribution in [-0.4, -0.2) is 43.3 Å². The van der Waals surface area contributed by atoms with Gasteiger partial charge < -0.3 is 20.7 Å². The van der Waals surface area contributed by atoms with Gasteiger partial charge in [0.05, 0.1) is 25.2 Å². The van der Waals surface area contributed by atoms with Crippen LogP contribution in [0.4, 0.5) is 0 Å². The van der Waals surface area contributed by atoms with Gasteiger partial charge in [0.1, 0.15) is 0 Å². The molecule has 0 amide bonds. The summed E-state index contributed by atoms with van der Waals surface area (Å²) >= 11 is 0. The number of aliphatic imine (C=N–C) groups is 1. The minimum atomic E-state index is -1.18. The molecule has 4 aliphatic carbocycles. The van der Waals surface area contributed by atoms with Gasteiger partial charge in [0, 0.05) is 35.8 Å². The Morgan fingerprint density at radius 3 is 2.85 bits per heavy atom. The molecule has 146 valence electrons. The van der Waals surface area contributed by atoms with E-state index in [1.165, 1.54) is 4.90 Å². The summed E-state index contributed by atoms with van der Waals surface area (Å²) in [5.74, 6) is 0.511. The third-order valence-electron chi connectivity index (χ3n) is 8.96. The number of allylic oxidation sites excluding steroid dienone is 2. The van der Waals surface area contributed by atoms with E-state index in [0.717, 1.165) is 44.3 Å². The van der Waals surface area contributed by atoms with Crippen LogP contribution in [0.5, 0.6) is 0 Å². The molecule has 2 spiro atoms. The molecule has 1 aliphatic heterocycles. The molecule has 27 heavy (non-hydrogen) atoms. The van der Waals surface area contributed by atoms with Crippen molar-refractivity contribution < 1.29 is 19.9 Å². The molecular weight excluding hydrogens is 342 g/mol. The summed E-state index contributed by atoms with van der Waals surface area (Å²) < 4.78 is 0. The predicted octanol–water partition coefficient (Wildman–Crippen LogP) is -1.13. The number of nitrogens with two attached hydrogens (primary N) is 1. The first-order valence-electron chi connectivity index (χ1n) is 10.3. The first kappa shape index (κ1) is 17.4. The lowest BCUT2D eigenvalue weighted by Crippen LogP contribution is -3.19. The lowest BCUT2D eigenvalue weighted by molar-refractivity contribution is -0.828. The summed E-state index contributed by atoms with van der Waals surface area (Å²) in [6, 6.07) is 0. The average molecular weight is 371 g/mol. The van der Waals surface area contributed by atoms with Crippen molar-refractivity contribution in [2.75, 3.05) is 20.1 Å². The van der Waals surface area contributed by atoms with Crippen LogP contribution >= 0.6 is 0 Å². The predicted molar refractivity (Wildman–Crippen MR) is 98.4 cm³/mol. The van der Waals surface area contributed by atoms with Crippen LogP contribution in [0.1, 0.15) is 32.6 Å². The number of piperidine rings is 1. The molecule has 2 bridgehead atoms. The molecule has 0 aromatic carbocycles. The van der Waals surface area contributed by atoms with E-state index in [4.69, 9.17) is 5.73 Å². The van der Waals surface area contributed by atoms with Gasteiger partial charge in [-0.25, -0.2) is 4.99 Å². The van der Waals surface area contributed by atoms with Gasteiger partial charge in [-0.1, -0.05) is 24.6 Å². The number of carboxylic acids is 1. The van der Waals surface area contributed by atoms with E-state index in [1.807, 2.05) is 0 Å². The zero-order chi connectivity index (χ0) is 19.1. The number of nitrogens with one attached hydrogen (secondary N) is 1. The topological polar surface area (TPSA) is 103 Å². The summed E-state index contributed by atoms with van der Waals surface area (Å²) in [4.78, 5) is 17.5. The number of quaternary nitrogens is 1. The molecule has 0 aromatic heterocycles. The molecule has 2 saturated carbocycles. The highest BCUT2D eigenvalue weighted by Crippen LogP contribution is 2.78. The van der Waals surface area contributed by atoms with Crippen molar-refractivity contribution in [2.45, 2.75) is 38.7 Å². The summed E-state index contributed by atoms with van der Waals surface area (Å²) in [5.41, 5.74) is 7.12. The molecule has 0 aromatic rings. The number of aliphatic hydroxyl groups excluding tert-OH is 1. The smallest absolute Gasteiger partial charge is 0.293 e. The zero-order valence-electron chi connectivity index (χ0n) is 16.1. The van der Waals surface area contributed by atoms with E-state index in [-0.39, 0.29) is 22.3 Å².